The Morgan fingerprint density at radius 3 is 2.81 bits per heavy atom. The van der Waals surface area contributed by atoms with Crippen LogP contribution in [0.5, 0.6) is 0 Å². The van der Waals surface area contributed by atoms with Gasteiger partial charge in [-0.05, 0) is 37.0 Å². The minimum absolute atomic E-state index is 0.0193. The highest BCUT2D eigenvalue weighted by Crippen LogP contribution is 2.48. The number of hydrogen-bond acceptors (Lipinski definition) is 2. The van der Waals surface area contributed by atoms with Crippen LogP contribution in [0, 0.1) is 17.6 Å². The molecule has 2 rings (SSSR count). The van der Waals surface area contributed by atoms with Gasteiger partial charge in [0, 0.05) is 0 Å². The van der Waals surface area contributed by atoms with Crippen LogP contribution in [0.4, 0.5) is 8.78 Å². The Hall–Kier alpha value is -1.45. The summed E-state index contributed by atoms with van der Waals surface area (Å²) >= 11 is 0. The van der Waals surface area contributed by atoms with Crippen molar-refractivity contribution in [3.05, 3.63) is 35.4 Å². The number of benzene rings is 1. The molecule has 1 aliphatic carbocycles. The third kappa shape index (κ3) is 2.05. The average Bonchev–Trinajstić information content (AvgIpc) is 3.02. The van der Waals surface area contributed by atoms with Crippen molar-refractivity contribution in [1.29, 1.82) is 0 Å². The first-order valence-electron chi connectivity index (χ1n) is 5.25. The first-order valence-corrected chi connectivity index (χ1v) is 5.25. The quantitative estimate of drug-likeness (QED) is 0.740. The van der Waals surface area contributed by atoms with Crippen LogP contribution in [0.3, 0.4) is 0 Å². The van der Waals surface area contributed by atoms with Gasteiger partial charge in [-0.1, -0.05) is 6.07 Å². The van der Waals surface area contributed by atoms with E-state index in [0.29, 0.717) is 18.6 Å². The number of ether oxygens (including phenoxy) is 1. The summed E-state index contributed by atoms with van der Waals surface area (Å²) in [7, 11) is 0. The van der Waals surface area contributed by atoms with E-state index in [4.69, 9.17) is 4.74 Å². The van der Waals surface area contributed by atoms with E-state index >= 15 is 0 Å². The van der Waals surface area contributed by atoms with Crippen molar-refractivity contribution in [3.8, 4) is 0 Å². The summed E-state index contributed by atoms with van der Waals surface area (Å²) in [5.41, 5.74) is 0.664. The molecule has 1 aliphatic rings. The van der Waals surface area contributed by atoms with E-state index in [2.05, 4.69) is 0 Å². The summed E-state index contributed by atoms with van der Waals surface area (Å²) in [4.78, 5) is 11.4. The van der Waals surface area contributed by atoms with Crippen LogP contribution >= 0.6 is 0 Å². The summed E-state index contributed by atoms with van der Waals surface area (Å²) in [6.07, 6.45) is 0.657. The van der Waals surface area contributed by atoms with Crippen molar-refractivity contribution in [1.82, 2.24) is 0 Å². The molecule has 0 aromatic heterocycles. The van der Waals surface area contributed by atoms with Crippen molar-refractivity contribution in [2.75, 3.05) is 6.61 Å². The molecule has 1 unspecified atom stereocenters. The Morgan fingerprint density at radius 2 is 2.19 bits per heavy atom. The maximum absolute atomic E-state index is 13.0. The number of rotatable bonds is 3. The first kappa shape index (κ1) is 11.0. The smallest absolute Gasteiger partial charge is 0.309 e. The van der Waals surface area contributed by atoms with E-state index in [1.54, 1.807) is 6.92 Å². The lowest BCUT2D eigenvalue weighted by molar-refractivity contribution is -0.144. The van der Waals surface area contributed by atoms with Crippen LogP contribution < -0.4 is 0 Å². The van der Waals surface area contributed by atoms with Crippen molar-refractivity contribution in [3.63, 3.8) is 0 Å². The summed E-state index contributed by atoms with van der Waals surface area (Å²) < 4.78 is 30.5. The molecule has 0 amide bonds. The van der Waals surface area contributed by atoms with Gasteiger partial charge in [-0.3, -0.25) is 4.79 Å². The highest BCUT2D eigenvalue weighted by Gasteiger charge is 2.45. The number of halogens is 2. The van der Waals surface area contributed by atoms with E-state index in [1.165, 1.54) is 6.07 Å². The summed E-state index contributed by atoms with van der Waals surface area (Å²) in [6, 6.07) is 3.76. The van der Waals surface area contributed by atoms with Crippen LogP contribution in [0.2, 0.25) is 0 Å². The number of carbonyl (C=O) groups excluding carboxylic acids is 1. The zero-order valence-electron chi connectivity index (χ0n) is 8.87. The van der Waals surface area contributed by atoms with Gasteiger partial charge in [-0.25, -0.2) is 8.78 Å². The normalized spacial score (nSPS) is 22.9. The topological polar surface area (TPSA) is 26.3 Å². The third-order valence-electron chi connectivity index (χ3n) is 2.75. The molecule has 4 heteroatoms. The van der Waals surface area contributed by atoms with Gasteiger partial charge < -0.3 is 4.74 Å². The second-order valence-corrected chi connectivity index (χ2v) is 3.87. The van der Waals surface area contributed by atoms with Crippen molar-refractivity contribution < 1.29 is 18.3 Å². The van der Waals surface area contributed by atoms with Crippen molar-refractivity contribution in [2.45, 2.75) is 19.3 Å². The fourth-order valence-electron chi connectivity index (χ4n) is 1.82. The molecule has 16 heavy (non-hydrogen) atoms. The molecule has 0 aliphatic heterocycles. The summed E-state index contributed by atoms with van der Waals surface area (Å²) in [5.74, 6) is -2.19. The van der Waals surface area contributed by atoms with Gasteiger partial charge in [0.25, 0.3) is 0 Å². The van der Waals surface area contributed by atoms with Gasteiger partial charge in [0.05, 0.1) is 12.5 Å². The standard InChI is InChI=1S/C12H12F2O2/c1-2-16-12(15)9-6-8(9)7-3-4-10(13)11(14)5-7/h3-5,8-9H,2,6H2,1H3/t8-,9?/m1/s1. The molecule has 1 aromatic rings. The molecule has 86 valence electrons. The SMILES string of the molecule is CCOC(=O)C1C[C@@H]1c1ccc(F)c(F)c1. The summed E-state index contributed by atoms with van der Waals surface area (Å²) in [5, 5.41) is 0. The Kier molecular flexibility index (Phi) is 2.90. The Balaban J connectivity index is 2.06. The molecule has 0 radical (unpaired) electrons. The van der Waals surface area contributed by atoms with Gasteiger partial charge in [0.15, 0.2) is 11.6 Å². The minimum Gasteiger partial charge on any atom is -0.466 e. The molecule has 0 spiro atoms. The molecule has 0 saturated heterocycles. The van der Waals surface area contributed by atoms with Crippen LogP contribution in [0.1, 0.15) is 24.8 Å². The number of esters is 1. The van der Waals surface area contributed by atoms with Crippen LogP contribution in [-0.2, 0) is 9.53 Å². The third-order valence-corrected chi connectivity index (χ3v) is 2.75. The van der Waals surface area contributed by atoms with E-state index in [0.717, 1.165) is 12.1 Å². The second kappa shape index (κ2) is 4.20. The molecule has 1 saturated carbocycles. The highest BCUT2D eigenvalue weighted by atomic mass is 19.2. The molecule has 2 nitrogen and oxygen atoms in total. The molecular weight excluding hydrogens is 214 g/mol. The predicted molar refractivity (Wildman–Crippen MR) is 53.8 cm³/mol. The molecule has 2 atom stereocenters. The number of hydrogen-bond donors (Lipinski definition) is 0. The largest absolute Gasteiger partial charge is 0.466 e. The Morgan fingerprint density at radius 1 is 1.44 bits per heavy atom. The maximum atomic E-state index is 13.0. The lowest BCUT2D eigenvalue weighted by Gasteiger charge is -2.02. The monoisotopic (exact) mass is 226 g/mol. The molecule has 1 aromatic carbocycles. The van der Waals surface area contributed by atoms with Gasteiger partial charge in [-0.15, -0.1) is 0 Å². The fourth-order valence-corrected chi connectivity index (χ4v) is 1.82. The van der Waals surface area contributed by atoms with Crippen molar-refractivity contribution >= 4 is 5.97 Å². The van der Waals surface area contributed by atoms with Gasteiger partial charge in [-0.2, -0.15) is 0 Å². The molecular formula is C12H12F2O2. The molecule has 0 bridgehead atoms. The van der Waals surface area contributed by atoms with E-state index in [-0.39, 0.29) is 17.8 Å². The first-order chi connectivity index (χ1) is 7.63. The number of carbonyl (C=O) groups is 1. The lowest BCUT2D eigenvalue weighted by Crippen LogP contribution is -2.07. The highest BCUT2D eigenvalue weighted by molar-refractivity contribution is 5.77. The van der Waals surface area contributed by atoms with Crippen LogP contribution in [-0.4, -0.2) is 12.6 Å². The van der Waals surface area contributed by atoms with Gasteiger partial charge >= 0.3 is 5.97 Å². The molecule has 0 heterocycles. The Bertz CT molecular complexity index is 417. The van der Waals surface area contributed by atoms with Crippen LogP contribution in [0.15, 0.2) is 18.2 Å². The van der Waals surface area contributed by atoms with E-state index < -0.39 is 11.6 Å². The van der Waals surface area contributed by atoms with E-state index in [9.17, 15) is 13.6 Å². The zero-order valence-corrected chi connectivity index (χ0v) is 8.87. The Labute approximate surface area is 92.2 Å². The zero-order chi connectivity index (χ0) is 11.7. The van der Waals surface area contributed by atoms with Gasteiger partial charge in [0.1, 0.15) is 0 Å². The fraction of sp³-hybridized carbons (Fsp3) is 0.417. The second-order valence-electron chi connectivity index (χ2n) is 3.87. The minimum atomic E-state index is -0.869. The van der Waals surface area contributed by atoms with Crippen LogP contribution in [0.25, 0.3) is 0 Å². The lowest BCUT2D eigenvalue weighted by atomic mass is 10.1. The molecule has 0 N–H and O–H groups in total. The van der Waals surface area contributed by atoms with Gasteiger partial charge in [0.2, 0.25) is 0 Å². The average molecular weight is 226 g/mol. The predicted octanol–water partition coefficient (Wildman–Crippen LogP) is 2.63. The van der Waals surface area contributed by atoms with Crippen molar-refractivity contribution in [2.24, 2.45) is 5.92 Å². The summed E-state index contributed by atoms with van der Waals surface area (Å²) in [6.45, 7) is 2.09. The van der Waals surface area contributed by atoms with E-state index in [1.807, 2.05) is 0 Å². The molecule has 1 fully saturated rings. The maximum Gasteiger partial charge on any atom is 0.309 e.